The van der Waals surface area contributed by atoms with Crippen LogP contribution in [0.3, 0.4) is 0 Å². The molecule has 37 heavy (non-hydrogen) atoms. The van der Waals surface area contributed by atoms with Crippen molar-refractivity contribution in [2.24, 2.45) is 0 Å². The van der Waals surface area contributed by atoms with E-state index in [2.05, 4.69) is 34.9 Å². The van der Waals surface area contributed by atoms with Crippen molar-refractivity contribution in [1.29, 1.82) is 10.5 Å². The molecule has 0 aliphatic heterocycles. The number of benzene rings is 1. The number of nitriles is 2. The quantitative estimate of drug-likeness (QED) is 0.359. The molecule has 9 heteroatoms. The standard InChI is InChI=1S/C28H27N7OS/c1-18-25(16-32-35(18)24-10-8-23(9-11-24)33(3)19(2)36)21-12-27(28-22(14-30)15-31-34(28)17-21)37-26-7-5-4-6-20(26)13-29/h4-7,12,15-17,23-24H,8-11H2,1-3H3. The van der Waals surface area contributed by atoms with Gasteiger partial charge < -0.3 is 4.90 Å². The lowest BCUT2D eigenvalue weighted by Gasteiger charge is -2.34. The Morgan fingerprint density at radius 3 is 2.49 bits per heavy atom. The van der Waals surface area contributed by atoms with Crippen LogP contribution in [0, 0.1) is 29.6 Å². The summed E-state index contributed by atoms with van der Waals surface area (Å²) in [5, 5.41) is 28.5. The SMILES string of the molecule is CC(=O)N(C)C1CCC(n2ncc(-c3cc(Sc4ccccc4C#N)c4c(C#N)cnn4c3)c2C)CC1. The van der Waals surface area contributed by atoms with E-state index in [1.165, 1.54) is 11.8 Å². The van der Waals surface area contributed by atoms with Crippen LogP contribution in [0.5, 0.6) is 0 Å². The predicted molar refractivity (Wildman–Crippen MR) is 141 cm³/mol. The van der Waals surface area contributed by atoms with Gasteiger partial charge in [0.1, 0.15) is 12.1 Å². The Morgan fingerprint density at radius 2 is 1.78 bits per heavy atom. The second-order valence-corrected chi connectivity index (χ2v) is 10.5. The Kier molecular flexibility index (Phi) is 6.73. The molecule has 1 fully saturated rings. The average Bonchev–Trinajstić information content (AvgIpc) is 3.51. The number of pyridine rings is 1. The Labute approximate surface area is 220 Å². The molecule has 0 atom stereocenters. The van der Waals surface area contributed by atoms with E-state index < -0.39 is 0 Å². The molecule has 1 aliphatic rings. The second-order valence-electron chi connectivity index (χ2n) is 9.45. The first kappa shape index (κ1) is 24.6. The largest absolute Gasteiger partial charge is 0.343 e. The molecule has 0 saturated heterocycles. The number of hydrogen-bond acceptors (Lipinski definition) is 6. The van der Waals surface area contributed by atoms with Crippen molar-refractivity contribution >= 4 is 23.2 Å². The van der Waals surface area contributed by atoms with Gasteiger partial charge in [-0.05, 0) is 50.8 Å². The predicted octanol–water partition coefficient (Wildman–Crippen LogP) is 5.36. The highest BCUT2D eigenvalue weighted by Gasteiger charge is 2.28. The molecule has 0 N–H and O–H groups in total. The van der Waals surface area contributed by atoms with Crippen LogP contribution in [0.4, 0.5) is 0 Å². The molecule has 1 aliphatic carbocycles. The second kappa shape index (κ2) is 10.1. The number of aromatic nitrogens is 4. The molecule has 3 heterocycles. The normalized spacial score (nSPS) is 17.3. The number of nitrogens with zero attached hydrogens (tertiary/aromatic N) is 7. The van der Waals surface area contributed by atoms with Gasteiger partial charge in [-0.1, -0.05) is 23.9 Å². The van der Waals surface area contributed by atoms with Gasteiger partial charge in [-0.25, -0.2) is 4.52 Å². The number of carbonyl (C=O) groups is 1. The van der Waals surface area contributed by atoms with Gasteiger partial charge in [-0.3, -0.25) is 9.48 Å². The van der Waals surface area contributed by atoms with Crippen LogP contribution in [0.1, 0.15) is 55.5 Å². The summed E-state index contributed by atoms with van der Waals surface area (Å²) < 4.78 is 3.86. The van der Waals surface area contributed by atoms with Gasteiger partial charge in [0.25, 0.3) is 0 Å². The van der Waals surface area contributed by atoms with Crippen molar-refractivity contribution in [3.63, 3.8) is 0 Å². The van der Waals surface area contributed by atoms with Crippen LogP contribution in [-0.2, 0) is 4.79 Å². The summed E-state index contributed by atoms with van der Waals surface area (Å²) in [5.41, 5.74) is 4.83. The molecule has 0 radical (unpaired) electrons. The smallest absolute Gasteiger partial charge is 0.219 e. The molecule has 3 aromatic heterocycles. The van der Waals surface area contributed by atoms with Crippen LogP contribution < -0.4 is 0 Å². The molecule has 5 rings (SSSR count). The molecular weight excluding hydrogens is 482 g/mol. The number of hydrogen-bond donors (Lipinski definition) is 0. The average molecular weight is 510 g/mol. The van der Waals surface area contributed by atoms with E-state index >= 15 is 0 Å². The zero-order valence-corrected chi connectivity index (χ0v) is 21.9. The molecule has 4 aromatic rings. The van der Waals surface area contributed by atoms with Gasteiger partial charge in [0.15, 0.2) is 0 Å². The number of carbonyl (C=O) groups excluding carboxylic acids is 1. The summed E-state index contributed by atoms with van der Waals surface area (Å²) in [6.45, 7) is 3.71. The lowest BCUT2D eigenvalue weighted by Crippen LogP contribution is -2.38. The number of fused-ring (bicyclic) bond motifs is 1. The molecule has 186 valence electrons. The van der Waals surface area contributed by atoms with E-state index in [9.17, 15) is 15.3 Å². The van der Waals surface area contributed by atoms with E-state index in [1.54, 1.807) is 23.7 Å². The van der Waals surface area contributed by atoms with Gasteiger partial charge >= 0.3 is 0 Å². The summed E-state index contributed by atoms with van der Waals surface area (Å²) in [6, 6.07) is 14.6. The Bertz CT molecular complexity index is 1560. The first-order valence-corrected chi connectivity index (χ1v) is 13.1. The van der Waals surface area contributed by atoms with Crippen molar-refractivity contribution in [2.75, 3.05) is 7.05 Å². The van der Waals surface area contributed by atoms with Crippen molar-refractivity contribution in [2.45, 2.75) is 61.4 Å². The molecule has 8 nitrogen and oxygen atoms in total. The first-order chi connectivity index (χ1) is 17.9. The van der Waals surface area contributed by atoms with E-state index in [-0.39, 0.29) is 11.9 Å². The third-order valence-corrected chi connectivity index (χ3v) is 8.44. The number of rotatable bonds is 5. The summed E-state index contributed by atoms with van der Waals surface area (Å²) >= 11 is 1.46. The molecular formula is C28H27N7OS. The third kappa shape index (κ3) is 4.59. The topological polar surface area (TPSA) is 103 Å². The van der Waals surface area contributed by atoms with E-state index in [0.29, 0.717) is 17.2 Å². The van der Waals surface area contributed by atoms with Gasteiger partial charge in [0, 0.05) is 52.8 Å². The summed E-state index contributed by atoms with van der Waals surface area (Å²) in [5.74, 6) is 0.112. The maximum Gasteiger partial charge on any atom is 0.219 e. The molecule has 1 aromatic carbocycles. The fourth-order valence-corrected chi connectivity index (χ4v) is 6.27. The fourth-order valence-electron chi connectivity index (χ4n) is 5.18. The van der Waals surface area contributed by atoms with Gasteiger partial charge in [-0.15, -0.1) is 0 Å². The van der Waals surface area contributed by atoms with Gasteiger partial charge in [-0.2, -0.15) is 20.7 Å². The van der Waals surface area contributed by atoms with Crippen LogP contribution in [0.2, 0.25) is 0 Å². The van der Waals surface area contributed by atoms with Crippen LogP contribution in [0.15, 0.2) is 58.7 Å². The lowest BCUT2D eigenvalue weighted by molar-refractivity contribution is -0.130. The maximum atomic E-state index is 11.8. The lowest BCUT2D eigenvalue weighted by atomic mass is 9.90. The summed E-state index contributed by atoms with van der Waals surface area (Å²) in [4.78, 5) is 15.3. The highest BCUT2D eigenvalue weighted by Crippen LogP contribution is 2.39. The Hall–Kier alpha value is -4.08. The minimum Gasteiger partial charge on any atom is -0.343 e. The third-order valence-electron chi connectivity index (χ3n) is 7.34. The minimum absolute atomic E-state index is 0.112. The minimum atomic E-state index is 0.112. The van der Waals surface area contributed by atoms with E-state index in [4.69, 9.17) is 5.10 Å². The van der Waals surface area contributed by atoms with Crippen LogP contribution >= 0.6 is 11.8 Å². The summed E-state index contributed by atoms with van der Waals surface area (Å²) in [7, 11) is 1.89. The van der Waals surface area contributed by atoms with Crippen molar-refractivity contribution in [3.8, 4) is 23.3 Å². The molecule has 0 spiro atoms. The number of amides is 1. The monoisotopic (exact) mass is 509 g/mol. The van der Waals surface area contributed by atoms with Gasteiger partial charge in [0.2, 0.25) is 5.91 Å². The van der Waals surface area contributed by atoms with Gasteiger partial charge in [0.05, 0.1) is 35.1 Å². The highest BCUT2D eigenvalue weighted by atomic mass is 32.2. The van der Waals surface area contributed by atoms with E-state index in [0.717, 1.165) is 57.8 Å². The van der Waals surface area contributed by atoms with E-state index in [1.807, 2.05) is 42.5 Å². The Balaban J connectivity index is 1.49. The maximum absolute atomic E-state index is 11.8. The zero-order valence-electron chi connectivity index (χ0n) is 21.0. The first-order valence-electron chi connectivity index (χ1n) is 12.3. The Morgan fingerprint density at radius 1 is 1.05 bits per heavy atom. The fraction of sp³-hybridized carbons (Fsp3) is 0.321. The zero-order chi connectivity index (χ0) is 26.1. The molecule has 1 amide bonds. The molecule has 1 saturated carbocycles. The van der Waals surface area contributed by atoms with Crippen LogP contribution in [0.25, 0.3) is 16.6 Å². The summed E-state index contributed by atoms with van der Waals surface area (Å²) in [6.07, 6.45) is 9.28. The van der Waals surface area contributed by atoms with Crippen molar-refractivity contribution in [1.82, 2.24) is 24.3 Å². The molecule has 0 unspecified atom stereocenters. The highest BCUT2D eigenvalue weighted by molar-refractivity contribution is 7.99. The van der Waals surface area contributed by atoms with Crippen molar-refractivity contribution < 1.29 is 4.79 Å². The van der Waals surface area contributed by atoms with Crippen molar-refractivity contribution in [3.05, 3.63) is 65.7 Å². The van der Waals surface area contributed by atoms with Crippen LogP contribution in [-0.4, -0.2) is 43.3 Å². The molecule has 0 bridgehead atoms.